The van der Waals surface area contributed by atoms with Crippen LogP contribution in [0.5, 0.6) is 0 Å². The number of hydrogen-bond acceptors (Lipinski definition) is 3. The van der Waals surface area contributed by atoms with E-state index in [1.54, 1.807) is 17.8 Å². The van der Waals surface area contributed by atoms with Gasteiger partial charge in [0, 0.05) is 16.8 Å². The van der Waals surface area contributed by atoms with Gasteiger partial charge in [0.25, 0.3) is 11.8 Å². The molecule has 0 aliphatic carbocycles. The highest BCUT2D eigenvalue weighted by Crippen LogP contribution is 2.27. The third-order valence-electron chi connectivity index (χ3n) is 3.94. The van der Waals surface area contributed by atoms with Crippen LogP contribution in [0.4, 0.5) is 0 Å². The van der Waals surface area contributed by atoms with Crippen LogP contribution in [0.2, 0.25) is 0 Å². The summed E-state index contributed by atoms with van der Waals surface area (Å²) in [5.41, 5.74) is 1.12. The maximum Gasteiger partial charge on any atom is 0.261 e. The van der Waals surface area contributed by atoms with E-state index >= 15 is 0 Å². The van der Waals surface area contributed by atoms with Crippen molar-refractivity contribution < 1.29 is 9.59 Å². The first-order chi connectivity index (χ1) is 10.7. The Hall–Kier alpha value is -0.810. The van der Waals surface area contributed by atoms with Gasteiger partial charge in [-0.3, -0.25) is 14.5 Å². The van der Waals surface area contributed by atoms with Gasteiger partial charge in [0.1, 0.15) is 0 Å². The number of rotatable bonds is 9. The molecule has 0 spiro atoms. The lowest BCUT2D eigenvalue weighted by atomic mass is 10.1. The second kappa shape index (κ2) is 8.73. The van der Waals surface area contributed by atoms with E-state index in [9.17, 15) is 9.59 Å². The summed E-state index contributed by atoms with van der Waals surface area (Å²) < 4.78 is 0. The predicted octanol–water partition coefficient (Wildman–Crippen LogP) is 4.74. The molecule has 1 heterocycles. The minimum Gasteiger partial charge on any atom is -0.274 e. The maximum absolute atomic E-state index is 12.4. The highest BCUT2D eigenvalue weighted by Gasteiger charge is 2.34. The molecular formula is C17H22BrNO2S. The van der Waals surface area contributed by atoms with Crippen LogP contribution in [0.3, 0.4) is 0 Å². The first-order valence-electron chi connectivity index (χ1n) is 7.79. The average Bonchev–Trinajstić information content (AvgIpc) is 2.78. The molecule has 2 rings (SSSR count). The van der Waals surface area contributed by atoms with Gasteiger partial charge >= 0.3 is 0 Å². The van der Waals surface area contributed by atoms with Crippen LogP contribution in [-0.4, -0.2) is 34.8 Å². The van der Waals surface area contributed by atoms with Crippen LogP contribution >= 0.6 is 27.7 Å². The summed E-state index contributed by atoms with van der Waals surface area (Å²) in [4.78, 5) is 27.1. The zero-order valence-corrected chi connectivity index (χ0v) is 15.3. The van der Waals surface area contributed by atoms with Gasteiger partial charge in [0.05, 0.1) is 11.1 Å². The molecule has 0 bridgehead atoms. The zero-order valence-electron chi connectivity index (χ0n) is 12.9. The lowest BCUT2D eigenvalue weighted by Crippen LogP contribution is -2.30. The van der Waals surface area contributed by atoms with Crippen molar-refractivity contribution in [2.45, 2.75) is 43.4 Å². The molecule has 0 unspecified atom stereocenters. The Balaban J connectivity index is 1.84. The Kier molecular flexibility index (Phi) is 6.96. The van der Waals surface area contributed by atoms with Crippen molar-refractivity contribution >= 4 is 39.5 Å². The van der Waals surface area contributed by atoms with Gasteiger partial charge in [-0.2, -0.15) is 0 Å². The van der Waals surface area contributed by atoms with E-state index in [0.717, 1.165) is 23.1 Å². The molecule has 120 valence electrons. The Morgan fingerprint density at radius 3 is 2.27 bits per heavy atom. The number of hydrogen-bond donors (Lipinski definition) is 0. The lowest BCUT2D eigenvalue weighted by Gasteiger charge is -2.13. The fourth-order valence-corrected chi connectivity index (χ4v) is 3.51. The monoisotopic (exact) mass is 383 g/mol. The van der Waals surface area contributed by atoms with Crippen LogP contribution in [0.1, 0.15) is 59.2 Å². The van der Waals surface area contributed by atoms with Crippen molar-refractivity contribution in [2.24, 2.45) is 0 Å². The topological polar surface area (TPSA) is 37.4 Å². The summed E-state index contributed by atoms with van der Waals surface area (Å²) in [6.45, 7) is 0.541. The molecule has 0 aromatic heterocycles. The van der Waals surface area contributed by atoms with Gasteiger partial charge in [0.15, 0.2) is 0 Å². The van der Waals surface area contributed by atoms with E-state index in [-0.39, 0.29) is 11.8 Å². The molecule has 1 aromatic rings. The number of thioether (sulfide) groups is 1. The zero-order chi connectivity index (χ0) is 15.9. The summed E-state index contributed by atoms with van der Waals surface area (Å²) >= 11 is 5.02. The standard InChI is InChI=1S/C17H22BrNO2S/c1-22-13-8-9-14-15(12-13)17(21)19(16(14)20)11-7-5-3-2-4-6-10-18/h8-9,12H,2-7,10-11H2,1H3. The Morgan fingerprint density at radius 1 is 0.955 bits per heavy atom. The first-order valence-corrected chi connectivity index (χ1v) is 10.1. The van der Waals surface area contributed by atoms with Crippen molar-refractivity contribution in [3.8, 4) is 0 Å². The van der Waals surface area contributed by atoms with Crippen LogP contribution in [-0.2, 0) is 0 Å². The number of benzene rings is 1. The second-order valence-electron chi connectivity index (χ2n) is 5.48. The highest BCUT2D eigenvalue weighted by molar-refractivity contribution is 9.09. The minimum absolute atomic E-state index is 0.129. The SMILES string of the molecule is CSc1ccc2c(c1)C(=O)N(CCCCCCCCBr)C2=O. The van der Waals surface area contributed by atoms with Crippen molar-refractivity contribution in [1.29, 1.82) is 0 Å². The van der Waals surface area contributed by atoms with E-state index in [2.05, 4.69) is 15.9 Å². The number of carbonyl (C=O) groups excluding carboxylic acids is 2. The number of halogens is 1. The van der Waals surface area contributed by atoms with E-state index in [4.69, 9.17) is 0 Å². The number of unbranched alkanes of at least 4 members (excludes halogenated alkanes) is 5. The normalized spacial score (nSPS) is 13.8. The summed E-state index contributed by atoms with van der Waals surface area (Å²) in [7, 11) is 0. The Labute approximate surface area is 145 Å². The molecule has 0 saturated heterocycles. The molecule has 1 aliphatic rings. The van der Waals surface area contributed by atoms with Gasteiger partial charge in [-0.05, 0) is 37.3 Å². The van der Waals surface area contributed by atoms with E-state index < -0.39 is 0 Å². The molecule has 0 atom stereocenters. The number of imide groups is 1. The van der Waals surface area contributed by atoms with E-state index in [1.807, 2.05) is 18.4 Å². The molecule has 1 aliphatic heterocycles. The lowest BCUT2D eigenvalue weighted by molar-refractivity contribution is 0.0651. The van der Waals surface area contributed by atoms with Crippen molar-refractivity contribution in [1.82, 2.24) is 4.90 Å². The van der Waals surface area contributed by atoms with Gasteiger partial charge in [-0.15, -0.1) is 11.8 Å². The third kappa shape index (κ3) is 4.13. The molecule has 5 heteroatoms. The van der Waals surface area contributed by atoms with E-state index in [1.165, 1.54) is 30.6 Å². The Morgan fingerprint density at radius 2 is 1.59 bits per heavy atom. The number of fused-ring (bicyclic) bond motifs is 1. The first kappa shape index (κ1) is 17.5. The summed E-state index contributed by atoms with van der Waals surface area (Å²) in [5.74, 6) is -0.262. The molecule has 3 nitrogen and oxygen atoms in total. The Bertz CT molecular complexity index is 547. The molecule has 22 heavy (non-hydrogen) atoms. The molecule has 0 N–H and O–H groups in total. The number of carbonyl (C=O) groups is 2. The van der Waals surface area contributed by atoms with Gasteiger partial charge in [-0.25, -0.2) is 0 Å². The number of alkyl halides is 1. The molecule has 2 amide bonds. The molecule has 0 fully saturated rings. The van der Waals surface area contributed by atoms with Gasteiger partial charge < -0.3 is 0 Å². The fraction of sp³-hybridized carbons (Fsp3) is 0.529. The maximum atomic E-state index is 12.4. The van der Waals surface area contributed by atoms with Gasteiger partial charge in [0.2, 0.25) is 0 Å². The summed E-state index contributed by atoms with van der Waals surface area (Å²) in [6.07, 6.45) is 8.81. The average molecular weight is 384 g/mol. The molecule has 0 saturated carbocycles. The quantitative estimate of drug-likeness (QED) is 0.267. The predicted molar refractivity (Wildman–Crippen MR) is 95.1 cm³/mol. The van der Waals surface area contributed by atoms with E-state index in [0.29, 0.717) is 17.7 Å². The van der Waals surface area contributed by atoms with Gasteiger partial charge in [-0.1, -0.05) is 41.6 Å². The third-order valence-corrected chi connectivity index (χ3v) is 5.23. The fourth-order valence-electron chi connectivity index (χ4n) is 2.67. The van der Waals surface area contributed by atoms with Crippen LogP contribution in [0.15, 0.2) is 23.1 Å². The van der Waals surface area contributed by atoms with Crippen molar-refractivity contribution in [3.05, 3.63) is 29.3 Å². The summed E-state index contributed by atoms with van der Waals surface area (Å²) in [6, 6.07) is 5.52. The number of amides is 2. The molecule has 0 radical (unpaired) electrons. The van der Waals surface area contributed by atoms with Crippen LogP contribution < -0.4 is 0 Å². The van der Waals surface area contributed by atoms with Crippen LogP contribution in [0, 0.1) is 0 Å². The van der Waals surface area contributed by atoms with Crippen molar-refractivity contribution in [3.63, 3.8) is 0 Å². The van der Waals surface area contributed by atoms with Crippen LogP contribution in [0.25, 0.3) is 0 Å². The smallest absolute Gasteiger partial charge is 0.261 e. The molecular weight excluding hydrogens is 362 g/mol. The molecule has 1 aromatic carbocycles. The van der Waals surface area contributed by atoms with Crippen molar-refractivity contribution in [2.75, 3.05) is 18.1 Å². The second-order valence-corrected chi connectivity index (χ2v) is 7.16. The summed E-state index contributed by atoms with van der Waals surface area (Å²) in [5, 5.41) is 1.07. The minimum atomic E-state index is -0.132. The highest BCUT2D eigenvalue weighted by atomic mass is 79.9. The largest absolute Gasteiger partial charge is 0.274 e. The number of nitrogens with zero attached hydrogens (tertiary/aromatic N) is 1.